The van der Waals surface area contributed by atoms with Crippen LogP contribution in [0.25, 0.3) is 0 Å². The van der Waals surface area contributed by atoms with Crippen LogP contribution in [0.3, 0.4) is 0 Å². The quantitative estimate of drug-likeness (QED) is 0.646. The van der Waals surface area contributed by atoms with Crippen molar-refractivity contribution in [3.8, 4) is 0 Å². The van der Waals surface area contributed by atoms with Crippen molar-refractivity contribution in [1.29, 1.82) is 0 Å². The summed E-state index contributed by atoms with van der Waals surface area (Å²) in [6, 6.07) is 0.134. The number of rotatable bonds is 5. The van der Waals surface area contributed by atoms with E-state index in [2.05, 4.69) is 5.32 Å². The van der Waals surface area contributed by atoms with Gasteiger partial charge in [-0.2, -0.15) is 0 Å². The van der Waals surface area contributed by atoms with E-state index in [4.69, 9.17) is 5.73 Å². The summed E-state index contributed by atoms with van der Waals surface area (Å²) in [5, 5.41) is 12.2. The Balaban J connectivity index is 2.56. The molecular weight excluding hydrogens is 204 g/mol. The largest absolute Gasteiger partial charge is 0.396 e. The van der Waals surface area contributed by atoms with E-state index in [0.717, 1.165) is 25.7 Å². The van der Waals surface area contributed by atoms with Crippen molar-refractivity contribution >= 4 is 5.91 Å². The fourth-order valence-corrected chi connectivity index (χ4v) is 2.19. The number of nitrogens with two attached hydrogens (primary N) is 1. The van der Waals surface area contributed by atoms with Crippen molar-refractivity contribution in [2.24, 2.45) is 17.1 Å². The standard InChI is InChI=1S/C12H24N2O2/c1-3-12(2,8-13)11(16)14-10-6-4-5-9(10)7-15/h9-10,15H,3-8,13H2,1-2H3,(H,14,16). The van der Waals surface area contributed by atoms with Gasteiger partial charge in [0, 0.05) is 25.1 Å². The van der Waals surface area contributed by atoms with Crippen LogP contribution < -0.4 is 11.1 Å². The minimum atomic E-state index is -0.470. The van der Waals surface area contributed by atoms with Gasteiger partial charge in [-0.1, -0.05) is 13.3 Å². The van der Waals surface area contributed by atoms with Gasteiger partial charge in [0.1, 0.15) is 0 Å². The molecular formula is C12H24N2O2. The van der Waals surface area contributed by atoms with Gasteiger partial charge >= 0.3 is 0 Å². The van der Waals surface area contributed by atoms with Crippen LogP contribution in [0.1, 0.15) is 39.5 Å². The molecule has 1 fully saturated rings. The van der Waals surface area contributed by atoms with E-state index < -0.39 is 5.41 Å². The third-order valence-corrected chi connectivity index (χ3v) is 3.99. The highest BCUT2D eigenvalue weighted by molar-refractivity contribution is 5.82. The summed E-state index contributed by atoms with van der Waals surface area (Å²) >= 11 is 0. The summed E-state index contributed by atoms with van der Waals surface area (Å²) < 4.78 is 0. The Labute approximate surface area is 97.6 Å². The number of hydrogen-bond donors (Lipinski definition) is 3. The topological polar surface area (TPSA) is 75.4 Å². The van der Waals surface area contributed by atoms with Gasteiger partial charge in [0.15, 0.2) is 0 Å². The second kappa shape index (κ2) is 5.64. The highest BCUT2D eigenvalue weighted by atomic mass is 16.3. The zero-order valence-electron chi connectivity index (χ0n) is 10.3. The van der Waals surface area contributed by atoms with Crippen LogP contribution in [0.5, 0.6) is 0 Å². The van der Waals surface area contributed by atoms with Crippen LogP contribution in [-0.2, 0) is 4.79 Å². The number of carbonyl (C=O) groups excluding carboxylic acids is 1. The fraction of sp³-hybridized carbons (Fsp3) is 0.917. The second-order valence-corrected chi connectivity index (χ2v) is 5.07. The smallest absolute Gasteiger partial charge is 0.227 e. The first kappa shape index (κ1) is 13.5. The van der Waals surface area contributed by atoms with Gasteiger partial charge in [-0.15, -0.1) is 0 Å². The molecule has 16 heavy (non-hydrogen) atoms. The Kier molecular flexibility index (Phi) is 4.74. The summed E-state index contributed by atoms with van der Waals surface area (Å²) in [6.45, 7) is 4.40. The number of hydrogen-bond acceptors (Lipinski definition) is 3. The summed E-state index contributed by atoms with van der Waals surface area (Å²) in [4.78, 5) is 12.1. The molecule has 0 aliphatic heterocycles. The lowest BCUT2D eigenvalue weighted by molar-refractivity contribution is -0.131. The predicted octanol–water partition coefficient (Wildman–Crippen LogP) is 0.639. The van der Waals surface area contributed by atoms with Crippen molar-refractivity contribution in [3.05, 3.63) is 0 Å². The van der Waals surface area contributed by atoms with Crippen LogP contribution >= 0.6 is 0 Å². The van der Waals surface area contributed by atoms with E-state index in [1.54, 1.807) is 0 Å². The molecule has 3 atom stereocenters. The highest BCUT2D eigenvalue weighted by Gasteiger charge is 2.34. The molecule has 4 N–H and O–H groups in total. The minimum Gasteiger partial charge on any atom is -0.396 e. The summed E-state index contributed by atoms with van der Waals surface area (Å²) in [5.41, 5.74) is 5.18. The molecule has 1 amide bonds. The molecule has 0 bridgehead atoms. The van der Waals surface area contributed by atoms with Gasteiger partial charge in [0.05, 0.1) is 5.41 Å². The maximum atomic E-state index is 12.1. The first-order valence-corrected chi connectivity index (χ1v) is 6.19. The predicted molar refractivity (Wildman–Crippen MR) is 63.8 cm³/mol. The molecule has 0 aromatic heterocycles. The fourth-order valence-electron chi connectivity index (χ4n) is 2.19. The van der Waals surface area contributed by atoms with E-state index in [1.165, 1.54) is 0 Å². The average molecular weight is 228 g/mol. The lowest BCUT2D eigenvalue weighted by atomic mass is 9.86. The Morgan fingerprint density at radius 3 is 2.75 bits per heavy atom. The monoisotopic (exact) mass is 228 g/mol. The van der Waals surface area contributed by atoms with Crippen LogP contribution in [0.4, 0.5) is 0 Å². The van der Waals surface area contributed by atoms with E-state index in [1.807, 2.05) is 13.8 Å². The van der Waals surface area contributed by atoms with Crippen LogP contribution in [-0.4, -0.2) is 30.2 Å². The van der Waals surface area contributed by atoms with Gasteiger partial charge < -0.3 is 16.2 Å². The molecule has 1 aliphatic rings. The van der Waals surface area contributed by atoms with Gasteiger partial charge in [0.25, 0.3) is 0 Å². The molecule has 0 saturated heterocycles. The first-order chi connectivity index (χ1) is 7.57. The maximum absolute atomic E-state index is 12.1. The molecule has 1 saturated carbocycles. The maximum Gasteiger partial charge on any atom is 0.227 e. The number of nitrogens with one attached hydrogen (secondary N) is 1. The number of carbonyl (C=O) groups is 1. The Morgan fingerprint density at radius 1 is 1.56 bits per heavy atom. The summed E-state index contributed by atoms with van der Waals surface area (Å²) in [6.07, 6.45) is 3.81. The van der Waals surface area contributed by atoms with Crippen LogP contribution in [0.2, 0.25) is 0 Å². The molecule has 1 rings (SSSR count). The molecule has 0 spiro atoms. The minimum absolute atomic E-state index is 0.0304. The second-order valence-electron chi connectivity index (χ2n) is 5.07. The van der Waals surface area contributed by atoms with Gasteiger partial charge in [-0.25, -0.2) is 0 Å². The Hall–Kier alpha value is -0.610. The first-order valence-electron chi connectivity index (χ1n) is 6.19. The zero-order valence-corrected chi connectivity index (χ0v) is 10.3. The molecule has 0 aromatic carbocycles. The van der Waals surface area contributed by atoms with E-state index in [9.17, 15) is 9.90 Å². The summed E-state index contributed by atoms with van der Waals surface area (Å²) in [7, 11) is 0. The third kappa shape index (κ3) is 2.74. The lowest BCUT2D eigenvalue weighted by Crippen LogP contribution is -2.48. The molecule has 0 heterocycles. The SMILES string of the molecule is CCC(C)(CN)C(=O)NC1CCCC1CO. The average Bonchev–Trinajstić information content (AvgIpc) is 2.75. The van der Waals surface area contributed by atoms with E-state index in [-0.39, 0.29) is 24.5 Å². The normalized spacial score (nSPS) is 28.8. The van der Waals surface area contributed by atoms with Crippen molar-refractivity contribution in [2.45, 2.75) is 45.6 Å². The molecule has 94 valence electrons. The lowest BCUT2D eigenvalue weighted by Gasteiger charge is -2.29. The third-order valence-electron chi connectivity index (χ3n) is 3.99. The Bertz CT molecular complexity index is 239. The van der Waals surface area contributed by atoms with Gasteiger partial charge in [-0.3, -0.25) is 4.79 Å². The van der Waals surface area contributed by atoms with Crippen molar-refractivity contribution < 1.29 is 9.90 Å². The van der Waals surface area contributed by atoms with Gasteiger partial charge in [0.2, 0.25) is 5.91 Å². The van der Waals surface area contributed by atoms with Crippen molar-refractivity contribution in [3.63, 3.8) is 0 Å². The van der Waals surface area contributed by atoms with Crippen molar-refractivity contribution in [1.82, 2.24) is 5.32 Å². The zero-order chi connectivity index (χ0) is 12.2. The molecule has 0 radical (unpaired) electrons. The number of amides is 1. The summed E-state index contributed by atoms with van der Waals surface area (Å²) in [5.74, 6) is 0.255. The molecule has 0 aromatic rings. The van der Waals surface area contributed by atoms with Crippen LogP contribution in [0.15, 0.2) is 0 Å². The van der Waals surface area contributed by atoms with Crippen LogP contribution in [0, 0.1) is 11.3 Å². The van der Waals surface area contributed by atoms with E-state index >= 15 is 0 Å². The van der Waals surface area contributed by atoms with Crippen molar-refractivity contribution in [2.75, 3.05) is 13.2 Å². The Morgan fingerprint density at radius 2 is 2.25 bits per heavy atom. The highest BCUT2D eigenvalue weighted by Crippen LogP contribution is 2.27. The molecule has 4 heteroatoms. The van der Waals surface area contributed by atoms with Gasteiger partial charge in [-0.05, 0) is 26.2 Å². The molecule has 4 nitrogen and oxygen atoms in total. The number of aliphatic hydroxyl groups is 1. The number of aliphatic hydroxyl groups excluding tert-OH is 1. The molecule has 3 unspecified atom stereocenters. The van der Waals surface area contributed by atoms with E-state index in [0.29, 0.717) is 6.54 Å². The molecule has 1 aliphatic carbocycles.